The second kappa shape index (κ2) is 9.01. The molecule has 1 heterocycles. The van der Waals surface area contributed by atoms with Gasteiger partial charge in [0.05, 0.1) is 31.5 Å². The summed E-state index contributed by atoms with van der Waals surface area (Å²) in [5, 5.41) is 11.5. The van der Waals surface area contributed by atoms with Crippen molar-refractivity contribution in [3.63, 3.8) is 0 Å². The summed E-state index contributed by atoms with van der Waals surface area (Å²) in [7, 11) is 2.86. The fourth-order valence-corrected chi connectivity index (χ4v) is 3.28. The van der Waals surface area contributed by atoms with Crippen molar-refractivity contribution in [2.75, 3.05) is 25.7 Å². The Morgan fingerprint density at radius 2 is 1.73 bits per heavy atom. The summed E-state index contributed by atoms with van der Waals surface area (Å²) in [6.45, 7) is 1.63. The van der Waals surface area contributed by atoms with Gasteiger partial charge in [-0.3, -0.25) is 4.90 Å². The molecular weight excluding hydrogens is 386 g/mol. The Kier molecular flexibility index (Phi) is 6.23. The summed E-state index contributed by atoms with van der Waals surface area (Å²) in [4.78, 5) is 27.0. The van der Waals surface area contributed by atoms with E-state index in [-0.39, 0.29) is 12.6 Å². The van der Waals surface area contributed by atoms with E-state index < -0.39 is 12.0 Å². The average molecular weight is 407 g/mol. The number of carbonyl (C=O) groups excluding carboxylic acids is 2. The van der Waals surface area contributed by atoms with Crippen molar-refractivity contribution in [3.8, 4) is 17.6 Å². The summed E-state index contributed by atoms with van der Waals surface area (Å²) < 4.78 is 15.4. The maximum atomic E-state index is 12.9. The molecule has 0 spiro atoms. The van der Waals surface area contributed by atoms with Gasteiger partial charge in [0.25, 0.3) is 0 Å². The Morgan fingerprint density at radius 3 is 2.30 bits per heavy atom. The molecule has 8 nitrogen and oxygen atoms in total. The highest BCUT2D eigenvalue weighted by molar-refractivity contribution is 6.03. The minimum absolute atomic E-state index is 0.0667. The van der Waals surface area contributed by atoms with Crippen LogP contribution < -0.4 is 19.7 Å². The summed E-state index contributed by atoms with van der Waals surface area (Å²) >= 11 is 0. The maximum absolute atomic E-state index is 12.9. The summed E-state index contributed by atoms with van der Waals surface area (Å²) in [6, 6.07) is 14.6. The van der Waals surface area contributed by atoms with Crippen LogP contribution >= 0.6 is 0 Å². The van der Waals surface area contributed by atoms with Crippen molar-refractivity contribution in [2.45, 2.75) is 13.0 Å². The molecule has 0 bridgehead atoms. The van der Waals surface area contributed by atoms with Crippen LogP contribution in [-0.4, -0.2) is 32.8 Å². The van der Waals surface area contributed by atoms with Crippen molar-refractivity contribution >= 4 is 17.7 Å². The number of hydrogen-bond acceptors (Lipinski definition) is 6. The van der Waals surface area contributed by atoms with Crippen molar-refractivity contribution in [1.29, 1.82) is 5.26 Å². The van der Waals surface area contributed by atoms with Crippen molar-refractivity contribution in [1.82, 2.24) is 5.32 Å². The largest absolute Gasteiger partial charge is 0.497 e. The Balaban J connectivity index is 2.01. The number of hydrogen-bond donors (Lipinski definition) is 1. The number of nitrogens with one attached hydrogen (secondary N) is 1. The molecule has 30 heavy (non-hydrogen) atoms. The summed E-state index contributed by atoms with van der Waals surface area (Å²) in [6.07, 6.45) is 0. The number of methoxy groups -OCH3 is 2. The Hall–Kier alpha value is -3.99. The van der Waals surface area contributed by atoms with E-state index in [1.807, 2.05) is 6.07 Å². The van der Waals surface area contributed by atoms with Crippen LogP contribution in [0.5, 0.6) is 11.5 Å². The number of amides is 2. The van der Waals surface area contributed by atoms with E-state index in [2.05, 4.69) is 5.32 Å². The van der Waals surface area contributed by atoms with Crippen LogP contribution in [0.1, 0.15) is 18.5 Å². The van der Waals surface area contributed by atoms with Gasteiger partial charge in [-0.1, -0.05) is 12.1 Å². The molecular formula is C22H21N3O5. The van der Waals surface area contributed by atoms with Crippen molar-refractivity contribution < 1.29 is 23.8 Å². The number of nitrogens with zero attached hydrogens (tertiary/aromatic N) is 2. The van der Waals surface area contributed by atoms with Gasteiger partial charge >= 0.3 is 12.0 Å². The number of rotatable bonds is 6. The van der Waals surface area contributed by atoms with E-state index in [4.69, 9.17) is 19.5 Å². The van der Waals surface area contributed by atoms with E-state index >= 15 is 0 Å². The van der Waals surface area contributed by atoms with Crippen LogP contribution in [0.25, 0.3) is 0 Å². The van der Waals surface area contributed by atoms with Crippen molar-refractivity contribution in [2.24, 2.45) is 0 Å². The molecule has 154 valence electrons. The molecule has 0 unspecified atom stereocenters. The molecule has 0 radical (unpaired) electrons. The van der Waals surface area contributed by atoms with Gasteiger partial charge < -0.3 is 19.5 Å². The van der Waals surface area contributed by atoms with E-state index in [1.54, 1.807) is 62.6 Å². The van der Waals surface area contributed by atoms with Gasteiger partial charge in [-0.15, -0.1) is 0 Å². The first kappa shape index (κ1) is 20.7. The third-order valence-corrected chi connectivity index (χ3v) is 4.74. The highest BCUT2D eigenvalue weighted by Crippen LogP contribution is 2.35. The Bertz CT molecular complexity index is 1010. The lowest BCUT2D eigenvalue weighted by Crippen LogP contribution is -2.48. The minimum atomic E-state index is -0.690. The molecule has 1 atom stereocenters. The SMILES string of the molecule is COC(=O)C1=C(C)N(c2ccc(OC)cc2)C(=O)N[C@@H]1c1ccc(OCC#N)cc1. The lowest BCUT2D eigenvalue weighted by atomic mass is 9.94. The molecule has 0 fully saturated rings. The number of anilines is 1. The number of urea groups is 1. The molecule has 2 amide bonds. The van der Waals surface area contributed by atoms with Crippen LogP contribution in [0.2, 0.25) is 0 Å². The fourth-order valence-electron chi connectivity index (χ4n) is 3.28. The first-order valence-corrected chi connectivity index (χ1v) is 9.13. The van der Waals surface area contributed by atoms with Gasteiger partial charge in [-0.2, -0.15) is 5.26 Å². The lowest BCUT2D eigenvalue weighted by molar-refractivity contribution is -0.136. The van der Waals surface area contributed by atoms with Crippen LogP contribution in [0.15, 0.2) is 59.8 Å². The first-order valence-electron chi connectivity index (χ1n) is 9.13. The first-order chi connectivity index (χ1) is 14.5. The third kappa shape index (κ3) is 4.05. The summed E-state index contributed by atoms with van der Waals surface area (Å²) in [5.41, 5.74) is 2.05. The molecule has 8 heteroatoms. The van der Waals surface area contributed by atoms with E-state index in [0.29, 0.717) is 34.0 Å². The van der Waals surface area contributed by atoms with Crippen LogP contribution in [0, 0.1) is 11.3 Å². The number of ether oxygens (including phenoxy) is 3. The molecule has 2 aromatic carbocycles. The Labute approximate surface area is 174 Å². The smallest absolute Gasteiger partial charge is 0.337 e. The molecule has 0 saturated carbocycles. The number of allylic oxidation sites excluding steroid dienone is 1. The highest BCUT2D eigenvalue weighted by Gasteiger charge is 2.37. The molecule has 0 saturated heterocycles. The molecule has 0 aliphatic carbocycles. The topological polar surface area (TPSA) is 101 Å². The zero-order valence-corrected chi connectivity index (χ0v) is 16.8. The molecule has 2 aromatic rings. The van der Waals surface area contributed by atoms with E-state index in [0.717, 1.165) is 0 Å². The zero-order chi connectivity index (χ0) is 21.7. The third-order valence-electron chi connectivity index (χ3n) is 4.74. The van der Waals surface area contributed by atoms with E-state index in [1.165, 1.54) is 12.0 Å². The van der Waals surface area contributed by atoms with Gasteiger partial charge in [-0.05, 0) is 48.9 Å². The van der Waals surface area contributed by atoms with Crippen LogP contribution in [0.3, 0.4) is 0 Å². The standard InChI is InChI=1S/C22H21N3O5/c1-14-19(21(26)29-3)20(15-4-8-18(9-5-15)30-13-12-23)24-22(27)25(14)16-6-10-17(28-2)11-7-16/h4-11,20H,13H2,1-3H3,(H,24,27)/t20-/m1/s1. The molecule has 1 aliphatic rings. The minimum Gasteiger partial charge on any atom is -0.497 e. The number of nitriles is 1. The van der Waals surface area contributed by atoms with Crippen molar-refractivity contribution in [3.05, 3.63) is 65.4 Å². The van der Waals surface area contributed by atoms with Crippen LogP contribution in [-0.2, 0) is 9.53 Å². The maximum Gasteiger partial charge on any atom is 0.337 e. The lowest BCUT2D eigenvalue weighted by Gasteiger charge is -2.35. The zero-order valence-electron chi connectivity index (χ0n) is 16.8. The van der Waals surface area contributed by atoms with E-state index in [9.17, 15) is 9.59 Å². The average Bonchev–Trinajstić information content (AvgIpc) is 2.77. The molecule has 1 N–H and O–H groups in total. The van der Waals surface area contributed by atoms with Gasteiger partial charge in [0.15, 0.2) is 6.61 Å². The molecule has 0 aromatic heterocycles. The molecule has 1 aliphatic heterocycles. The van der Waals surface area contributed by atoms with Gasteiger partial charge in [0.1, 0.15) is 17.6 Å². The summed E-state index contributed by atoms with van der Waals surface area (Å²) in [5.74, 6) is 0.631. The van der Waals surface area contributed by atoms with Gasteiger partial charge in [-0.25, -0.2) is 9.59 Å². The van der Waals surface area contributed by atoms with Gasteiger partial charge in [0.2, 0.25) is 0 Å². The predicted molar refractivity (Wildman–Crippen MR) is 109 cm³/mol. The highest BCUT2D eigenvalue weighted by atomic mass is 16.5. The molecule has 3 rings (SSSR count). The normalized spacial score (nSPS) is 15.9. The second-order valence-corrected chi connectivity index (χ2v) is 6.42. The monoisotopic (exact) mass is 407 g/mol. The number of esters is 1. The number of benzene rings is 2. The predicted octanol–water partition coefficient (Wildman–Crippen LogP) is 3.32. The van der Waals surface area contributed by atoms with Crippen LogP contribution in [0.4, 0.5) is 10.5 Å². The number of carbonyl (C=O) groups is 2. The quantitative estimate of drug-likeness (QED) is 0.738. The Morgan fingerprint density at radius 1 is 1.10 bits per heavy atom. The fraction of sp³-hybridized carbons (Fsp3) is 0.227. The van der Waals surface area contributed by atoms with Gasteiger partial charge in [0, 0.05) is 5.70 Å². The second-order valence-electron chi connectivity index (χ2n) is 6.42.